The molecular formula is C24H25FN2O3S. The quantitative estimate of drug-likeness (QED) is 0.567. The van der Waals surface area contributed by atoms with Crippen molar-refractivity contribution >= 4 is 21.6 Å². The Morgan fingerprint density at radius 1 is 0.968 bits per heavy atom. The number of hydrogen-bond acceptors (Lipinski definition) is 3. The minimum Gasteiger partial charge on any atom is -0.351 e. The zero-order valence-electron chi connectivity index (χ0n) is 17.5. The summed E-state index contributed by atoms with van der Waals surface area (Å²) in [4.78, 5) is 12.5. The fourth-order valence-electron chi connectivity index (χ4n) is 3.18. The number of nitrogens with zero attached hydrogens (tertiary/aromatic N) is 1. The third kappa shape index (κ3) is 6.15. The number of anilines is 1. The highest BCUT2D eigenvalue weighted by Gasteiger charge is 2.18. The zero-order chi connectivity index (χ0) is 22.4. The molecule has 5 nitrogen and oxygen atoms in total. The minimum atomic E-state index is -3.57. The molecule has 31 heavy (non-hydrogen) atoms. The van der Waals surface area contributed by atoms with E-state index in [9.17, 15) is 17.6 Å². The van der Waals surface area contributed by atoms with Crippen LogP contribution in [-0.2, 0) is 16.6 Å². The lowest BCUT2D eigenvalue weighted by atomic mass is 10.0. The van der Waals surface area contributed by atoms with E-state index in [1.165, 1.54) is 28.6 Å². The second-order valence-electron chi connectivity index (χ2n) is 7.46. The standard InChI is InChI=1S/C24H25FN2O3S/c1-18(20-6-4-3-5-7-20)16-26-24(28)21-10-8-19(9-11-21)17-27(31(2,29)30)23-14-12-22(25)13-15-23/h3-15,18H,16-17H2,1-2H3,(H,26,28). The van der Waals surface area contributed by atoms with Crippen molar-refractivity contribution in [2.75, 3.05) is 17.1 Å². The molecule has 0 saturated heterocycles. The second-order valence-corrected chi connectivity index (χ2v) is 9.37. The first-order valence-corrected chi connectivity index (χ1v) is 11.7. The zero-order valence-corrected chi connectivity index (χ0v) is 18.3. The Labute approximate surface area is 182 Å². The van der Waals surface area contributed by atoms with Gasteiger partial charge in [0.05, 0.1) is 18.5 Å². The maximum absolute atomic E-state index is 13.2. The van der Waals surface area contributed by atoms with E-state index < -0.39 is 15.8 Å². The van der Waals surface area contributed by atoms with Crippen molar-refractivity contribution in [1.29, 1.82) is 0 Å². The summed E-state index contributed by atoms with van der Waals surface area (Å²) in [5.41, 5.74) is 2.74. The molecular weight excluding hydrogens is 415 g/mol. The molecule has 0 saturated carbocycles. The Morgan fingerprint density at radius 3 is 2.16 bits per heavy atom. The van der Waals surface area contributed by atoms with E-state index in [0.29, 0.717) is 23.4 Å². The lowest BCUT2D eigenvalue weighted by Crippen LogP contribution is -2.29. The molecule has 1 N–H and O–H groups in total. The molecule has 0 aromatic heterocycles. The summed E-state index contributed by atoms with van der Waals surface area (Å²) < 4.78 is 38.9. The third-order valence-electron chi connectivity index (χ3n) is 4.99. The number of amides is 1. The van der Waals surface area contributed by atoms with Crippen LogP contribution < -0.4 is 9.62 Å². The maximum Gasteiger partial charge on any atom is 0.251 e. The van der Waals surface area contributed by atoms with Gasteiger partial charge in [-0.25, -0.2) is 12.8 Å². The van der Waals surface area contributed by atoms with Gasteiger partial charge in [0.25, 0.3) is 5.91 Å². The van der Waals surface area contributed by atoms with E-state index in [-0.39, 0.29) is 18.4 Å². The highest BCUT2D eigenvalue weighted by molar-refractivity contribution is 7.92. The van der Waals surface area contributed by atoms with Crippen molar-refractivity contribution in [2.24, 2.45) is 0 Å². The molecule has 0 aliphatic rings. The van der Waals surface area contributed by atoms with Crippen LogP contribution in [0.5, 0.6) is 0 Å². The average Bonchev–Trinajstić information content (AvgIpc) is 2.76. The van der Waals surface area contributed by atoms with Crippen LogP contribution in [0.3, 0.4) is 0 Å². The average molecular weight is 441 g/mol. The fourth-order valence-corrected chi connectivity index (χ4v) is 4.07. The Balaban J connectivity index is 1.65. The minimum absolute atomic E-state index is 0.0808. The van der Waals surface area contributed by atoms with Gasteiger partial charge in [-0.1, -0.05) is 49.4 Å². The number of halogens is 1. The Morgan fingerprint density at radius 2 is 1.58 bits per heavy atom. The van der Waals surface area contributed by atoms with Gasteiger partial charge >= 0.3 is 0 Å². The van der Waals surface area contributed by atoms with Crippen molar-refractivity contribution in [2.45, 2.75) is 19.4 Å². The van der Waals surface area contributed by atoms with E-state index in [1.54, 1.807) is 24.3 Å². The van der Waals surface area contributed by atoms with Crippen molar-refractivity contribution in [3.05, 3.63) is 101 Å². The van der Waals surface area contributed by atoms with Crippen LogP contribution in [0.25, 0.3) is 0 Å². The molecule has 0 aliphatic carbocycles. The third-order valence-corrected chi connectivity index (χ3v) is 6.14. The highest BCUT2D eigenvalue weighted by atomic mass is 32.2. The molecule has 0 heterocycles. The van der Waals surface area contributed by atoms with E-state index in [2.05, 4.69) is 5.32 Å². The number of benzene rings is 3. The summed E-state index contributed by atoms with van der Waals surface area (Å²) in [6.07, 6.45) is 1.10. The topological polar surface area (TPSA) is 66.5 Å². The number of hydrogen-bond donors (Lipinski definition) is 1. The van der Waals surface area contributed by atoms with Gasteiger partial charge in [-0.15, -0.1) is 0 Å². The van der Waals surface area contributed by atoms with Crippen LogP contribution in [0.15, 0.2) is 78.9 Å². The monoisotopic (exact) mass is 440 g/mol. The molecule has 7 heteroatoms. The Hall–Kier alpha value is -3.19. The number of sulfonamides is 1. The highest BCUT2D eigenvalue weighted by Crippen LogP contribution is 2.21. The summed E-state index contributed by atoms with van der Waals surface area (Å²) >= 11 is 0. The molecule has 0 bridgehead atoms. The molecule has 1 amide bonds. The van der Waals surface area contributed by atoms with Crippen molar-refractivity contribution in [1.82, 2.24) is 5.32 Å². The van der Waals surface area contributed by atoms with Crippen molar-refractivity contribution in [3.8, 4) is 0 Å². The lowest BCUT2D eigenvalue weighted by molar-refractivity contribution is 0.0951. The number of rotatable bonds is 8. The van der Waals surface area contributed by atoms with Crippen LogP contribution in [0, 0.1) is 5.82 Å². The normalized spacial score (nSPS) is 12.2. The smallest absolute Gasteiger partial charge is 0.251 e. The van der Waals surface area contributed by atoms with E-state index >= 15 is 0 Å². The van der Waals surface area contributed by atoms with Crippen LogP contribution in [0.4, 0.5) is 10.1 Å². The lowest BCUT2D eigenvalue weighted by Gasteiger charge is -2.22. The van der Waals surface area contributed by atoms with Gasteiger partial charge in [0.15, 0.2) is 0 Å². The molecule has 3 aromatic carbocycles. The molecule has 1 atom stereocenters. The summed E-state index contributed by atoms with van der Waals surface area (Å²) in [5.74, 6) is -0.439. The van der Waals surface area contributed by atoms with Crippen LogP contribution in [-0.4, -0.2) is 27.1 Å². The molecule has 162 valence electrons. The number of nitrogens with one attached hydrogen (secondary N) is 1. The predicted octanol–water partition coefficient (Wildman–Crippen LogP) is 4.33. The van der Waals surface area contributed by atoms with Gasteiger partial charge in [-0.05, 0) is 53.4 Å². The predicted molar refractivity (Wildman–Crippen MR) is 121 cm³/mol. The number of carbonyl (C=O) groups is 1. The first-order chi connectivity index (χ1) is 14.7. The molecule has 3 rings (SSSR count). The summed E-state index contributed by atoms with van der Waals surface area (Å²) in [6.45, 7) is 2.64. The van der Waals surface area contributed by atoms with Gasteiger partial charge in [0, 0.05) is 12.1 Å². The Bertz CT molecular complexity index is 1120. The van der Waals surface area contributed by atoms with Gasteiger partial charge in [0.1, 0.15) is 5.82 Å². The second kappa shape index (κ2) is 9.75. The van der Waals surface area contributed by atoms with Crippen LogP contribution in [0.1, 0.15) is 34.3 Å². The van der Waals surface area contributed by atoms with Gasteiger partial charge < -0.3 is 5.32 Å². The van der Waals surface area contributed by atoms with E-state index in [4.69, 9.17) is 0 Å². The molecule has 0 spiro atoms. The molecule has 1 unspecified atom stereocenters. The summed E-state index contributed by atoms with van der Waals surface area (Å²) in [6, 6.07) is 22.0. The summed E-state index contributed by atoms with van der Waals surface area (Å²) in [5, 5.41) is 2.93. The first kappa shape index (κ1) is 22.5. The van der Waals surface area contributed by atoms with Gasteiger partial charge in [-0.2, -0.15) is 0 Å². The van der Waals surface area contributed by atoms with Crippen LogP contribution >= 0.6 is 0 Å². The van der Waals surface area contributed by atoms with Crippen molar-refractivity contribution < 1.29 is 17.6 Å². The van der Waals surface area contributed by atoms with E-state index in [0.717, 1.165) is 11.8 Å². The molecule has 0 radical (unpaired) electrons. The largest absolute Gasteiger partial charge is 0.351 e. The molecule has 0 fully saturated rings. The molecule has 0 aliphatic heterocycles. The SMILES string of the molecule is CC(CNC(=O)c1ccc(CN(c2ccc(F)cc2)S(C)(=O)=O)cc1)c1ccccc1. The number of carbonyl (C=O) groups excluding carboxylic acids is 1. The fraction of sp³-hybridized carbons (Fsp3) is 0.208. The van der Waals surface area contributed by atoms with Crippen LogP contribution in [0.2, 0.25) is 0 Å². The van der Waals surface area contributed by atoms with Gasteiger partial charge in [0.2, 0.25) is 10.0 Å². The van der Waals surface area contributed by atoms with Crippen molar-refractivity contribution in [3.63, 3.8) is 0 Å². The van der Waals surface area contributed by atoms with Gasteiger partial charge in [-0.3, -0.25) is 9.10 Å². The Kier molecular flexibility index (Phi) is 7.07. The first-order valence-electron chi connectivity index (χ1n) is 9.89. The summed E-state index contributed by atoms with van der Waals surface area (Å²) in [7, 11) is -3.57. The maximum atomic E-state index is 13.2. The van der Waals surface area contributed by atoms with E-state index in [1.807, 2.05) is 37.3 Å². The molecule has 3 aromatic rings.